The molecule has 7 aromatic rings. The van der Waals surface area contributed by atoms with Gasteiger partial charge >= 0.3 is 0 Å². The molecule has 12 nitrogen and oxygen atoms in total. The van der Waals surface area contributed by atoms with Crippen molar-refractivity contribution in [1.29, 1.82) is 0 Å². The van der Waals surface area contributed by atoms with Crippen LogP contribution in [0, 0.1) is 55.4 Å². The Morgan fingerprint density at radius 3 is 0.769 bits per heavy atom. The molecule has 0 radical (unpaired) electrons. The first-order valence-electron chi connectivity index (χ1n) is 17.0. The Labute approximate surface area is 297 Å². The minimum atomic E-state index is 0.686. The predicted molar refractivity (Wildman–Crippen MR) is 199 cm³/mol. The lowest BCUT2D eigenvalue weighted by atomic mass is 10.0. The lowest BCUT2D eigenvalue weighted by Gasteiger charge is -2.06. The van der Waals surface area contributed by atoms with Gasteiger partial charge < -0.3 is 28.1 Å². The van der Waals surface area contributed by atoms with Gasteiger partial charge in [-0.25, -0.2) is 9.97 Å². The quantitative estimate of drug-likeness (QED) is 0.182. The lowest BCUT2D eigenvalue weighted by molar-refractivity contribution is 0.393. The van der Waals surface area contributed by atoms with Crippen LogP contribution in [0.2, 0.25) is 0 Å². The molecule has 52 heavy (non-hydrogen) atoms. The molecule has 0 atom stereocenters. The topological polar surface area (TPSA) is 161 Å². The maximum absolute atomic E-state index is 5.71. The van der Waals surface area contributed by atoms with Gasteiger partial charge in [0.1, 0.15) is 23.0 Å². The van der Waals surface area contributed by atoms with Crippen molar-refractivity contribution in [2.45, 2.75) is 55.4 Å². The molecule has 0 saturated heterocycles. The molecule has 0 fully saturated rings. The van der Waals surface area contributed by atoms with E-state index in [1.165, 1.54) is 0 Å². The maximum Gasteiger partial charge on any atom is 0.141 e. The summed E-state index contributed by atoms with van der Waals surface area (Å²) in [6, 6.07) is 8.23. The molecule has 12 heteroatoms. The highest BCUT2D eigenvalue weighted by Crippen LogP contribution is 2.42. The van der Waals surface area contributed by atoms with E-state index in [4.69, 9.17) is 28.1 Å². The number of fused-ring (bicyclic) bond motifs is 8. The molecular formula is C40H34N8O4. The molecule has 258 valence electrons. The normalized spacial score (nSPS) is 12.5. The van der Waals surface area contributed by atoms with Gasteiger partial charge in [-0.1, -0.05) is 20.6 Å². The molecule has 2 N–H and O–H groups in total. The summed E-state index contributed by atoms with van der Waals surface area (Å²) in [5.74, 6) is 2.75. The number of hydrogen-bond donors (Lipinski definition) is 2. The largest absolute Gasteiger partial charge is 0.361 e. The number of nitrogens with one attached hydrogen (secondary N) is 2. The van der Waals surface area contributed by atoms with E-state index >= 15 is 0 Å². The van der Waals surface area contributed by atoms with Crippen LogP contribution in [0.1, 0.15) is 68.6 Å². The van der Waals surface area contributed by atoms with E-state index < -0.39 is 0 Å². The van der Waals surface area contributed by atoms with Gasteiger partial charge in [-0.05, 0) is 104 Å². The third kappa shape index (κ3) is 4.67. The number of aryl methyl sites for hydroxylation is 8. The molecule has 0 spiro atoms. The van der Waals surface area contributed by atoms with Crippen molar-refractivity contribution in [3.8, 4) is 44.5 Å². The van der Waals surface area contributed by atoms with Gasteiger partial charge in [0, 0.05) is 44.3 Å². The third-order valence-electron chi connectivity index (χ3n) is 9.89. The Bertz CT molecular complexity index is 2390. The molecule has 9 rings (SSSR count). The van der Waals surface area contributed by atoms with E-state index in [1.807, 2.05) is 79.7 Å². The fourth-order valence-corrected chi connectivity index (χ4v) is 7.62. The van der Waals surface area contributed by atoms with Crippen LogP contribution in [0.4, 0.5) is 0 Å². The summed E-state index contributed by atoms with van der Waals surface area (Å²) in [6.45, 7) is 15.4. The van der Waals surface area contributed by atoms with Gasteiger partial charge in [0.05, 0.1) is 67.8 Å². The van der Waals surface area contributed by atoms with Crippen LogP contribution < -0.4 is 0 Å². The number of hydrogen-bond acceptors (Lipinski definition) is 10. The summed E-state index contributed by atoms with van der Waals surface area (Å²) in [6.07, 6.45) is 8.12. The highest BCUT2D eigenvalue weighted by atomic mass is 16.5. The van der Waals surface area contributed by atoms with Crippen molar-refractivity contribution in [3.05, 3.63) is 92.9 Å². The van der Waals surface area contributed by atoms with Crippen molar-refractivity contribution in [3.63, 3.8) is 0 Å². The summed E-state index contributed by atoms with van der Waals surface area (Å²) in [7, 11) is 0. The van der Waals surface area contributed by atoms with Crippen LogP contribution >= 0.6 is 0 Å². The molecule has 2 aliphatic heterocycles. The molecule has 0 aromatic carbocycles. The number of nitrogens with zero attached hydrogens (tertiary/aromatic N) is 6. The second kappa shape index (κ2) is 11.5. The molecule has 0 aliphatic carbocycles. The second-order valence-electron chi connectivity index (χ2n) is 13.3. The van der Waals surface area contributed by atoms with Gasteiger partial charge in [-0.3, -0.25) is 0 Å². The van der Waals surface area contributed by atoms with E-state index in [1.54, 1.807) is 0 Å². The molecule has 7 aromatic heterocycles. The minimum absolute atomic E-state index is 0.686. The predicted octanol–water partition coefficient (Wildman–Crippen LogP) is 9.74. The fraction of sp³-hybridized carbons (Fsp3) is 0.200. The molecular weight excluding hydrogens is 656 g/mol. The Hall–Kier alpha value is -6.56. The fourth-order valence-electron chi connectivity index (χ4n) is 7.62. The number of H-pyrrole nitrogens is 2. The maximum atomic E-state index is 5.71. The molecule has 2 aliphatic rings. The Kier molecular flexibility index (Phi) is 6.94. The summed E-state index contributed by atoms with van der Waals surface area (Å²) < 4.78 is 22.8. The van der Waals surface area contributed by atoms with Gasteiger partial charge in [0.15, 0.2) is 0 Å². The van der Waals surface area contributed by atoms with Crippen LogP contribution in [0.15, 0.2) is 42.4 Å². The van der Waals surface area contributed by atoms with Gasteiger partial charge in [-0.2, -0.15) is 0 Å². The van der Waals surface area contributed by atoms with E-state index in [0.29, 0.717) is 23.0 Å². The van der Waals surface area contributed by atoms with Crippen molar-refractivity contribution in [2.24, 2.45) is 0 Å². The van der Waals surface area contributed by atoms with Gasteiger partial charge in [0.2, 0.25) is 0 Å². The van der Waals surface area contributed by atoms with Crippen LogP contribution in [0.25, 0.3) is 90.9 Å². The van der Waals surface area contributed by atoms with Crippen molar-refractivity contribution in [2.75, 3.05) is 0 Å². The highest BCUT2D eigenvalue weighted by molar-refractivity contribution is 6.01. The zero-order valence-electron chi connectivity index (χ0n) is 29.9. The zero-order valence-corrected chi connectivity index (χ0v) is 29.9. The summed E-state index contributed by atoms with van der Waals surface area (Å²) in [5, 5.41) is 17.3. The van der Waals surface area contributed by atoms with Crippen molar-refractivity contribution >= 4 is 46.4 Å². The average Bonchev–Trinajstić information content (AvgIpc) is 3.98. The summed E-state index contributed by atoms with van der Waals surface area (Å²) in [4.78, 5) is 18.1. The third-order valence-corrected chi connectivity index (χ3v) is 9.89. The van der Waals surface area contributed by atoms with Gasteiger partial charge in [-0.15, -0.1) is 0 Å². The molecule has 8 bridgehead atoms. The minimum Gasteiger partial charge on any atom is -0.361 e. The van der Waals surface area contributed by atoms with Crippen LogP contribution in [-0.2, 0) is 0 Å². The molecule has 9 heterocycles. The summed E-state index contributed by atoms with van der Waals surface area (Å²) in [5.41, 5.74) is 16.2. The zero-order chi connectivity index (χ0) is 36.0. The van der Waals surface area contributed by atoms with Crippen LogP contribution in [0.3, 0.4) is 0 Å². The average molecular weight is 691 g/mol. The Balaban J connectivity index is 1.53. The van der Waals surface area contributed by atoms with Crippen molar-refractivity contribution in [1.82, 2.24) is 40.6 Å². The number of aromatic nitrogens is 8. The first kappa shape index (κ1) is 31.4. The first-order valence-corrected chi connectivity index (χ1v) is 17.0. The van der Waals surface area contributed by atoms with E-state index in [0.717, 1.165) is 112 Å². The van der Waals surface area contributed by atoms with E-state index in [-0.39, 0.29) is 0 Å². The number of rotatable bonds is 4. The van der Waals surface area contributed by atoms with E-state index in [9.17, 15) is 0 Å². The van der Waals surface area contributed by atoms with Crippen LogP contribution in [0.5, 0.6) is 0 Å². The number of aromatic amines is 2. The monoisotopic (exact) mass is 690 g/mol. The lowest BCUT2D eigenvalue weighted by Crippen LogP contribution is -1.92. The standard InChI is InChI=1S/C40H34N8O4/c1-17-33(21(5)49-45-17)37-25-9-11-27(41-25)38(34-18(2)46-50-22(34)6)29-13-15-31(43-29)40(36-20(4)48-52-24(36)8)32-16-14-30(44-32)39(28-12-10-26(37)42-28)35-19(3)47-51-23(35)7/h9-16,41,44H,1-8H3. The molecule has 0 amide bonds. The second-order valence-corrected chi connectivity index (χ2v) is 13.3. The first-order chi connectivity index (χ1) is 25.1. The highest BCUT2D eigenvalue weighted by Gasteiger charge is 2.26. The summed E-state index contributed by atoms with van der Waals surface area (Å²) >= 11 is 0. The van der Waals surface area contributed by atoms with Crippen molar-refractivity contribution < 1.29 is 18.1 Å². The Morgan fingerprint density at radius 2 is 0.577 bits per heavy atom. The smallest absolute Gasteiger partial charge is 0.141 e. The SMILES string of the molecule is Cc1noc(C)c1-c1c2nc(c(-c3c(C)noc3C)c3ccc([nH]3)c(-c3c(C)noc3C)c3nc(c(-c4c(C)noc4C)c4ccc1[nH]4)C=C3)C=C2. The van der Waals surface area contributed by atoms with E-state index in [2.05, 4.69) is 54.9 Å². The Morgan fingerprint density at radius 1 is 0.346 bits per heavy atom. The molecule has 0 saturated carbocycles. The van der Waals surface area contributed by atoms with Gasteiger partial charge in [0.25, 0.3) is 0 Å². The molecule has 0 unspecified atom stereocenters. The van der Waals surface area contributed by atoms with Crippen LogP contribution in [-0.4, -0.2) is 40.6 Å².